The number of carboxylic acids is 1. The van der Waals surface area contributed by atoms with Crippen LogP contribution in [0.3, 0.4) is 0 Å². The number of benzene rings is 2. The fourth-order valence-corrected chi connectivity index (χ4v) is 3.28. The third kappa shape index (κ3) is 5.56. The van der Waals surface area contributed by atoms with Crippen LogP contribution in [0.15, 0.2) is 53.0 Å². The molecule has 0 spiro atoms. The number of pyridine rings is 1. The van der Waals surface area contributed by atoms with Gasteiger partial charge in [-0.15, -0.1) is 0 Å². The first kappa shape index (κ1) is 22.6. The molecule has 1 heterocycles. The van der Waals surface area contributed by atoms with Gasteiger partial charge in [-0.05, 0) is 47.4 Å². The van der Waals surface area contributed by atoms with Gasteiger partial charge in [0.25, 0.3) is 11.8 Å². The molecule has 0 amide bonds. The second kappa shape index (κ2) is 9.84. The van der Waals surface area contributed by atoms with Gasteiger partial charge in [-0.25, -0.2) is 13.6 Å². The molecule has 0 aliphatic rings. The molecule has 162 valence electrons. The highest BCUT2D eigenvalue weighted by molar-refractivity contribution is 9.10. The van der Waals surface area contributed by atoms with Crippen molar-refractivity contribution in [3.05, 3.63) is 70.2 Å². The lowest BCUT2D eigenvalue weighted by Gasteiger charge is -2.14. The molecule has 3 aromatic rings. The first-order chi connectivity index (χ1) is 14.8. The SMILES string of the molecule is CCC(Oc1nc(Oc2cc(Br)cc(-c3cccc(CN)c3)c2)c(F)cc1F)C(=O)O. The number of rotatable bonds is 8. The monoisotopic (exact) mass is 492 g/mol. The molecule has 0 aliphatic heterocycles. The number of carbonyl (C=O) groups is 1. The van der Waals surface area contributed by atoms with E-state index in [0.717, 1.165) is 16.7 Å². The maximum absolute atomic E-state index is 14.3. The molecule has 1 unspecified atom stereocenters. The van der Waals surface area contributed by atoms with Crippen molar-refractivity contribution in [2.24, 2.45) is 5.73 Å². The summed E-state index contributed by atoms with van der Waals surface area (Å²) in [6.07, 6.45) is -1.26. The van der Waals surface area contributed by atoms with Gasteiger partial charge in [-0.2, -0.15) is 4.98 Å². The van der Waals surface area contributed by atoms with Crippen molar-refractivity contribution >= 4 is 21.9 Å². The molecule has 31 heavy (non-hydrogen) atoms. The molecule has 1 aromatic heterocycles. The summed E-state index contributed by atoms with van der Waals surface area (Å²) in [6, 6.07) is 13.2. The summed E-state index contributed by atoms with van der Waals surface area (Å²) in [6.45, 7) is 1.94. The van der Waals surface area contributed by atoms with Crippen LogP contribution in [0.1, 0.15) is 18.9 Å². The van der Waals surface area contributed by atoms with Crippen LogP contribution in [0.4, 0.5) is 8.78 Å². The Bertz CT molecular complexity index is 1110. The minimum atomic E-state index is -1.33. The highest BCUT2D eigenvalue weighted by Gasteiger charge is 2.22. The zero-order valence-corrected chi connectivity index (χ0v) is 18.0. The molecule has 0 aliphatic carbocycles. The van der Waals surface area contributed by atoms with E-state index in [4.69, 9.17) is 20.3 Å². The Morgan fingerprint density at radius 1 is 1.13 bits per heavy atom. The molecule has 0 saturated carbocycles. The minimum absolute atomic E-state index is 0.0703. The van der Waals surface area contributed by atoms with E-state index in [2.05, 4.69) is 20.9 Å². The smallest absolute Gasteiger partial charge is 0.344 e. The number of nitrogens with zero attached hydrogens (tertiary/aromatic N) is 1. The van der Waals surface area contributed by atoms with Crippen molar-refractivity contribution in [1.29, 1.82) is 0 Å². The Kier molecular flexibility index (Phi) is 7.19. The molecule has 0 fully saturated rings. The van der Waals surface area contributed by atoms with E-state index in [9.17, 15) is 13.6 Å². The van der Waals surface area contributed by atoms with Gasteiger partial charge >= 0.3 is 5.97 Å². The van der Waals surface area contributed by atoms with Crippen LogP contribution < -0.4 is 15.2 Å². The zero-order valence-electron chi connectivity index (χ0n) is 16.4. The van der Waals surface area contributed by atoms with E-state index in [-0.39, 0.29) is 12.2 Å². The quantitative estimate of drug-likeness (QED) is 0.444. The summed E-state index contributed by atoms with van der Waals surface area (Å²) in [7, 11) is 0. The van der Waals surface area contributed by atoms with E-state index in [0.29, 0.717) is 17.1 Å². The largest absolute Gasteiger partial charge is 0.479 e. The number of aromatic nitrogens is 1. The van der Waals surface area contributed by atoms with Crippen molar-refractivity contribution in [1.82, 2.24) is 4.98 Å². The van der Waals surface area contributed by atoms with Crippen LogP contribution in [0.5, 0.6) is 17.5 Å². The van der Waals surface area contributed by atoms with Crippen molar-refractivity contribution in [2.45, 2.75) is 26.0 Å². The summed E-state index contributed by atoms with van der Waals surface area (Å²) in [5.41, 5.74) is 8.29. The van der Waals surface area contributed by atoms with Gasteiger partial charge in [0.15, 0.2) is 17.7 Å². The van der Waals surface area contributed by atoms with Gasteiger partial charge in [0.1, 0.15) is 5.75 Å². The van der Waals surface area contributed by atoms with Crippen LogP contribution in [-0.2, 0) is 11.3 Å². The molecule has 0 radical (unpaired) electrons. The third-order valence-corrected chi connectivity index (χ3v) is 4.80. The van der Waals surface area contributed by atoms with Crippen LogP contribution in [0.25, 0.3) is 11.1 Å². The highest BCUT2D eigenvalue weighted by atomic mass is 79.9. The molecule has 2 aromatic carbocycles. The maximum atomic E-state index is 14.3. The number of hydrogen-bond donors (Lipinski definition) is 2. The van der Waals surface area contributed by atoms with Gasteiger partial charge in [0.05, 0.1) is 0 Å². The minimum Gasteiger partial charge on any atom is -0.479 e. The average Bonchev–Trinajstić information content (AvgIpc) is 2.74. The third-order valence-electron chi connectivity index (χ3n) is 4.35. The molecule has 3 rings (SSSR count). The molecule has 1 atom stereocenters. The fraction of sp³-hybridized carbons (Fsp3) is 0.182. The Labute approximate surface area is 185 Å². The predicted octanol–water partition coefficient (Wildman–Crippen LogP) is 5.28. The standard InChI is InChI=1S/C22H19BrF2N2O4/c1-2-19(22(28)29)31-21-18(25)10-17(24)20(27-21)30-16-8-14(7-15(23)9-16)13-5-3-4-12(6-13)11-26/h3-10,19H,2,11,26H2,1H3,(H,28,29). The van der Waals surface area contributed by atoms with Crippen LogP contribution in [-0.4, -0.2) is 22.2 Å². The number of halogens is 3. The number of ether oxygens (including phenoxy) is 2. The number of carboxylic acid groups (broad SMARTS) is 1. The van der Waals surface area contributed by atoms with E-state index in [1.807, 2.05) is 30.3 Å². The lowest BCUT2D eigenvalue weighted by molar-refractivity contribution is -0.145. The molecule has 3 N–H and O–H groups in total. The second-order valence-corrected chi connectivity index (χ2v) is 7.51. The first-order valence-electron chi connectivity index (χ1n) is 9.34. The molecule has 0 saturated heterocycles. The molecule has 9 heteroatoms. The van der Waals surface area contributed by atoms with Crippen molar-refractivity contribution < 1.29 is 28.2 Å². The molecular weight excluding hydrogens is 474 g/mol. The Morgan fingerprint density at radius 2 is 1.87 bits per heavy atom. The molecule has 0 bridgehead atoms. The summed E-state index contributed by atoms with van der Waals surface area (Å²) >= 11 is 3.39. The van der Waals surface area contributed by atoms with E-state index in [1.54, 1.807) is 19.1 Å². The van der Waals surface area contributed by atoms with E-state index < -0.39 is 35.5 Å². The predicted molar refractivity (Wildman–Crippen MR) is 114 cm³/mol. The number of nitrogens with two attached hydrogens (primary N) is 1. The second-order valence-electron chi connectivity index (χ2n) is 6.60. The van der Waals surface area contributed by atoms with Crippen molar-refractivity contribution in [3.63, 3.8) is 0 Å². The fourth-order valence-electron chi connectivity index (χ4n) is 2.81. The van der Waals surface area contributed by atoms with Gasteiger partial charge in [0, 0.05) is 17.1 Å². The summed E-state index contributed by atoms with van der Waals surface area (Å²) in [5, 5.41) is 9.10. The van der Waals surface area contributed by atoms with Gasteiger partial charge < -0.3 is 20.3 Å². The van der Waals surface area contributed by atoms with Crippen LogP contribution in [0, 0.1) is 11.6 Å². The van der Waals surface area contributed by atoms with Crippen molar-refractivity contribution in [2.75, 3.05) is 0 Å². The Hall–Kier alpha value is -3.04. The normalized spacial score (nSPS) is 11.8. The lowest BCUT2D eigenvalue weighted by atomic mass is 10.0. The van der Waals surface area contributed by atoms with Gasteiger partial charge in [-0.1, -0.05) is 41.1 Å². The Balaban J connectivity index is 1.94. The molecule has 6 nitrogen and oxygen atoms in total. The number of aliphatic carboxylic acids is 1. The van der Waals surface area contributed by atoms with Gasteiger partial charge in [-0.3, -0.25) is 0 Å². The van der Waals surface area contributed by atoms with Gasteiger partial charge in [0.2, 0.25) is 0 Å². The van der Waals surface area contributed by atoms with Crippen LogP contribution >= 0.6 is 15.9 Å². The van der Waals surface area contributed by atoms with E-state index in [1.165, 1.54) is 0 Å². The maximum Gasteiger partial charge on any atom is 0.344 e. The Morgan fingerprint density at radius 3 is 2.55 bits per heavy atom. The molecular formula is C22H19BrF2N2O4. The first-order valence-corrected chi connectivity index (χ1v) is 10.1. The summed E-state index contributed by atoms with van der Waals surface area (Å²) < 4.78 is 39.6. The van der Waals surface area contributed by atoms with Crippen LogP contribution in [0.2, 0.25) is 0 Å². The van der Waals surface area contributed by atoms with E-state index >= 15 is 0 Å². The van der Waals surface area contributed by atoms with Crippen molar-refractivity contribution in [3.8, 4) is 28.6 Å². The summed E-state index contributed by atoms with van der Waals surface area (Å²) in [5.74, 6) is -4.44. The zero-order chi connectivity index (χ0) is 22.5. The average molecular weight is 493 g/mol. The topological polar surface area (TPSA) is 94.7 Å². The lowest BCUT2D eigenvalue weighted by Crippen LogP contribution is -2.26. The summed E-state index contributed by atoms with van der Waals surface area (Å²) in [4.78, 5) is 14.9. The number of hydrogen-bond acceptors (Lipinski definition) is 5. The highest BCUT2D eigenvalue weighted by Crippen LogP contribution is 2.33.